The van der Waals surface area contributed by atoms with Crippen molar-refractivity contribution in [3.05, 3.63) is 74.1 Å². The third kappa shape index (κ3) is 3.06. The molecule has 116 valence electrons. The number of hydrogen-bond acceptors (Lipinski definition) is 2. The van der Waals surface area contributed by atoms with E-state index in [1.807, 2.05) is 0 Å². The maximum Gasteiger partial charge on any atom is 0.235 e. The minimum atomic E-state index is -0.558. The van der Waals surface area contributed by atoms with Crippen LogP contribution in [-0.2, 0) is 0 Å². The molecule has 0 saturated heterocycles. The van der Waals surface area contributed by atoms with E-state index in [4.69, 9.17) is 23.2 Å². The number of H-pyrrole nitrogens is 1. The predicted molar refractivity (Wildman–Crippen MR) is 89.7 cm³/mol. The number of aromatic amines is 1. The maximum absolute atomic E-state index is 13.1. The molecule has 3 rings (SSSR count). The molecule has 0 aliphatic rings. The Kier molecular flexibility index (Phi) is 4.07. The van der Waals surface area contributed by atoms with Crippen LogP contribution >= 0.6 is 23.2 Å². The summed E-state index contributed by atoms with van der Waals surface area (Å²) >= 11 is 12.2. The third-order valence-electron chi connectivity index (χ3n) is 3.35. The van der Waals surface area contributed by atoms with Crippen molar-refractivity contribution in [2.45, 2.75) is 0 Å². The van der Waals surface area contributed by atoms with E-state index in [0.29, 0.717) is 37.8 Å². The summed E-state index contributed by atoms with van der Waals surface area (Å²) in [4.78, 5) is 13.2. The van der Waals surface area contributed by atoms with Crippen LogP contribution in [-0.4, -0.2) is 9.91 Å². The number of nitrogens with zero attached hydrogens (tertiary/aromatic N) is 1. The molecule has 0 amide bonds. The van der Waals surface area contributed by atoms with Crippen LogP contribution in [0.4, 0.5) is 4.39 Å². The smallest absolute Gasteiger partial charge is 0.235 e. The van der Waals surface area contributed by atoms with Crippen molar-refractivity contribution in [2.24, 2.45) is 0 Å². The number of nitro groups is 1. The highest BCUT2D eigenvalue weighted by Gasteiger charge is 2.15. The Balaban J connectivity index is 2.31. The predicted octanol–water partition coefficient (Wildman–Crippen LogP) is 5.53. The largest absolute Gasteiger partial charge is 0.354 e. The number of nitrogens with one attached hydrogen (secondary N) is 1. The minimum Gasteiger partial charge on any atom is -0.354 e. The fraction of sp³-hybridized carbons (Fsp3) is 0. The number of benzene rings is 2. The second-order valence-electron chi connectivity index (χ2n) is 4.83. The van der Waals surface area contributed by atoms with E-state index in [1.165, 1.54) is 18.2 Å². The average molecular weight is 351 g/mol. The molecule has 1 N–H and O–H groups in total. The summed E-state index contributed by atoms with van der Waals surface area (Å²) in [5.74, 6) is -0.367. The molecule has 2 aromatic carbocycles. The number of halogens is 3. The van der Waals surface area contributed by atoms with Gasteiger partial charge in [0.2, 0.25) is 6.20 Å². The van der Waals surface area contributed by atoms with E-state index in [9.17, 15) is 14.5 Å². The minimum absolute atomic E-state index is 0.367. The molecule has 1 heterocycles. The molecule has 0 bridgehead atoms. The summed E-state index contributed by atoms with van der Waals surface area (Å²) in [5.41, 5.74) is 2.47. The van der Waals surface area contributed by atoms with Crippen molar-refractivity contribution in [1.29, 1.82) is 0 Å². The Morgan fingerprint density at radius 3 is 2.52 bits per heavy atom. The van der Waals surface area contributed by atoms with Crippen LogP contribution in [0.1, 0.15) is 5.56 Å². The van der Waals surface area contributed by atoms with Crippen molar-refractivity contribution in [3.63, 3.8) is 0 Å². The molecule has 0 spiro atoms. The molecule has 7 heteroatoms. The van der Waals surface area contributed by atoms with Crippen LogP contribution < -0.4 is 0 Å². The van der Waals surface area contributed by atoms with Crippen molar-refractivity contribution in [3.8, 4) is 11.3 Å². The SMILES string of the molecule is O=[N+]([O-])/C=C/c1c(-c2ccc(F)cc2)[nH]c2cc(Cl)cc(Cl)c12. The first-order chi connectivity index (χ1) is 11.0. The highest BCUT2D eigenvalue weighted by Crippen LogP contribution is 2.37. The number of hydrogen-bond donors (Lipinski definition) is 1. The highest BCUT2D eigenvalue weighted by atomic mass is 35.5. The van der Waals surface area contributed by atoms with E-state index in [1.54, 1.807) is 24.3 Å². The molecule has 0 atom stereocenters. The van der Waals surface area contributed by atoms with Crippen molar-refractivity contribution < 1.29 is 9.31 Å². The lowest BCUT2D eigenvalue weighted by molar-refractivity contribution is -0.400. The molecular formula is C16H9Cl2FN2O2. The number of fused-ring (bicyclic) bond motifs is 1. The Morgan fingerprint density at radius 1 is 1.17 bits per heavy atom. The molecule has 23 heavy (non-hydrogen) atoms. The fourth-order valence-electron chi connectivity index (χ4n) is 2.42. The summed E-state index contributed by atoms with van der Waals surface area (Å²) in [6, 6.07) is 9.04. The molecule has 0 fully saturated rings. The molecule has 0 aliphatic heterocycles. The highest BCUT2D eigenvalue weighted by molar-refractivity contribution is 6.39. The van der Waals surface area contributed by atoms with Crippen molar-refractivity contribution >= 4 is 40.2 Å². The van der Waals surface area contributed by atoms with Gasteiger partial charge in [-0.1, -0.05) is 23.2 Å². The van der Waals surface area contributed by atoms with Gasteiger partial charge in [0.05, 0.1) is 15.6 Å². The second-order valence-corrected chi connectivity index (χ2v) is 5.68. The van der Waals surface area contributed by atoms with Gasteiger partial charge in [0, 0.05) is 27.6 Å². The summed E-state index contributed by atoms with van der Waals surface area (Å²) in [6.45, 7) is 0. The van der Waals surface area contributed by atoms with Gasteiger partial charge in [0.1, 0.15) is 5.82 Å². The van der Waals surface area contributed by atoms with Gasteiger partial charge in [-0.15, -0.1) is 0 Å². The standard InChI is InChI=1S/C16H9Cl2FN2O2/c17-10-7-13(18)15-12(5-6-21(22)23)16(20-14(15)8-10)9-1-3-11(19)4-2-9/h1-8,20H/b6-5+. The Morgan fingerprint density at radius 2 is 1.87 bits per heavy atom. The zero-order chi connectivity index (χ0) is 16.6. The van der Waals surface area contributed by atoms with Gasteiger partial charge in [-0.2, -0.15) is 0 Å². The number of rotatable bonds is 3. The average Bonchev–Trinajstić information content (AvgIpc) is 2.84. The summed E-state index contributed by atoms with van der Waals surface area (Å²) in [6.07, 6.45) is 2.19. The lowest BCUT2D eigenvalue weighted by Gasteiger charge is -2.01. The zero-order valence-corrected chi connectivity index (χ0v) is 13.0. The van der Waals surface area contributed by atoms with E-state index >= 15 is 0 Å². The third-order valence-corrected chi connectivity index (χ3v) is 3.87. The molecule has 3 aromatic rings. The van der Waals surface area contributed by atoms with Crippen LogP contribution in [0.5, 0.6) is 0 Å². The normalized spacial score (nSPS) is 11.4. The summed E-state index contributed by atoms with van der Waals surface area (Å²) in [5, 5.41) is 12.1. The van der Waals surface area contributed by atoms with Crippen molar-refractivity contribution in [1.82, 2.24) is 4.98 Å². The van der Waals surface area contributed by atoms with Gasteiger partial charge in [-0.05, 0) is 42.0 Å². The van der Waals surface area contributed by atoms with Crippen LogP contribution in [0.15, 0.2) is 42.6 Å². The van der Waals surface area contributed by atoms with Crippen LogP contribution in [0.2, 0.25) is 10.0 Å². The van der Waals surface area contributed by atoms with E-state index in [-0.39, 0.29) is 5.82 Å². The molecule has 4 nitrogen and oxygen atoms in total. The maximum atomic E-state index is 13.1. The van der Waals surface area contributed by atoms with E-state index < -0.39 is 4.92 Å². The topological polar surface area (TPSA) is 58.9 Å². The molecule has 1 aromatic heterocycles. The lowest BCUT2D eigenvalue weighted by Crippen LogP contribution is -1.85. The fourth-order valence-corrected chi connectivity index (χ4v) is 3.01. The monoisotopic (exact) mass is 350 g/mol. The van der Waals surface area contributed by atoms with E-state index in [2.05, 4.69) is 4.98 Å². The molecule has 0 aliphatic carbocycles. The van der Waals surface area contributed by atoms with Crippen LogP contribution in [0.3, 0.4) is 0 Å². The van der Waals surface area contributed by atoms with Crippen LogP contribution in [0, 0.1) is 15.9 Å². The molecule has 0 unspecified atom stereocenters. The Hall–Kier alpha value is -2.37. The van der Waals surface area contributed by atoms with Gasteiger partial charge >= 0.3 is 0 Å². The second kappa shape index (κ2) is 6.02. The van der Waals surface area contributed by atoms with E-state index in [0.717, 1.165) is 6.20 Å². The van der Waals surface area contributed by atoms with Gasteiger partial charge in [-0.25, -0.2) is 4.39 Å². The molecule has 0 saturated carbocycles. The first-order valence-electron chi connectivity index (χ1n) is 6.54. The lowest BCUT2D eigenvalue weighted by atomic mass is 10.1. The van der Waals surface area contributed by atoms with Gasteiger partial charge in [-0.3, -0.25) is 10.1 Å². The molecular weight excluding hydrogens is 342 g/mol. The quantitative estimate of drug-likeness (QED) is 0.498. The van der Waals surface area contributed by atoms with Gasteiger partial charge in [0.15, 0.2) is 0 Å². The van der Waals surface area contributed by atoms with Gasteiger partial charge < -0.3 is 4.98 Å². The summed E-state index contributed by atoms with van der Waals surface area (Å²) < 4.78 is 13.1. The van der Waals surface area contributed by atoms with Crippen molar-refractivity contribution in [2.75, 3.05) is 0 Å². The Bertz CT molecular complexity index is 933. The number of aromatic nitrogens is 1. The van der Waals surface area contributed by atoms with Crippen LogP contribution in [0.25, 0.3) is 28.2 Å². The van der Waals surface area contributed by atoms with Gasteiger partial charge in [0.25, 0.3) is 0 Å². The Labute approximate surface area is 140 Å². The first kappa shape index (κ1) is 15.5. The summed E-state index contributed by atoms with van der Waals surface area (Å²) in [7, 11) is 0. The molecule has 0 radical (unpaired) electrons. The first-order valence-corrected chi connectivity index (χ1v) is 7.29. The zero-order valence-electron chi connectivity index (χ0n) is 11.5.